The number of aliphatic hydroxyl groups excluding tert-OH is 2. The zero-order valence-corrected chi connectivity index (χ0v) is 16.9. The molecule has 8 atom stereocenters. The van der Waals surface area contributed by atoms with E-state index in [9.17, 15) is 15.0 Å². The Morgan fingerprint density at radius 2 is 1.89 bits per heavy atom. The Balaban J connectivity index is 1.48. The van der Waals surface area contributed by atoms with Gasteiger partial charge in [0.05, 0.1) is 18.5 Å². The lowest BCUT2D eigenvalue weighted by molar-refractivity contribution is -0.0832. The molecule has 0 aliphatic heterocycles. The van der Waals surface area contributed by atoms with E-state index in [0.29, 0.717) is 23.2 Å². The van der Waals surface area contributed by atoms with Crippen molar-refractivity contribution in [2.45, 2.75) is 76.9 Å². The average molecular weight is 385 g/mol. The Labute approximate surface area is 166 Å². The Morgan fingerprint density at radius 3 is 2.64 bits per heavy atom. The molecular formula is C24H32O4. The fraction of sp³-hybridized carbons (Fsp3) is 0.708. The molecule has 3 saturated carbocycles. The number of aliphatic hydroxyl groups is 2. The van der Waals surface area contributed by atoms with Crippen LogP contribution in [0.2, 0.25) is 0 Å². The maximum Gasteiger partial charge on any atom is 0.335 e. The first-order chi connectivity index (χ1) is 13.3. The molecule has 1 heterocycles. The molecule has 5 rings (SSSR count). The van der Waals surface area contributed by atoms with Gasteiger partial charge in [0.1, 0.15) is 0 Å². The first-order valence-corrected chi connectivity index (χ1v) is 11.0. The molecule has 152 valence electrons. The Hall–Kier alpha value is -1.39. The second-order valence-corrected chi connectivity index (χ2v) is 10.4. The molecule has 3 fully saturated rings. The number of fused-ring (bicyclic) bond motifs is 5. The maximum absolute atomic E-state index is 11.4. The molecule has 0 saturated heterocycles. The van der Waals surface area contributed by atoms with Gasteiger partial charge in [-0.1, -0.05) is 25.5 Å². The van der Waals surface area contributed by atoms with E-state index in [0.717, 1.165) is 31.2 Å². The van der Waals surface area contributed by atoms with Crippen molar-refractivity contribution >= 4 is 0 Å². The predicted molar refractivity (Wildman–Crippen MR) is 107 cm³/mol. The van der Waals surface area contributed by atoms with E-state index in [-0.39, 0.29) is 23.1 Å². The summed E-state index contributed by atoms with van der Waals surface area (Å²) in [6.45, 7) is 4.78. The minimum atomic E-state index is -0.523. The van der Waals surface area contributed by atoms with Crippen LogP contribution in [0.1, 0.15) is 70.3 Å². The summed E-state index contributed by atoms with van der Waals surface area (Å²) in [5.41, 5.74) is 2.27. The molecule has 1 aromatic rings. The minimum Gasteiger partial charge on any atom is -0.431 e. The van der Waals surface area contributed by atoms with Crippen molar-refractivity contribution < 1.29 is 14.6 Å². The topological polar surface area (TPSA) is 70.7 Å². The van der Waals surface area contributed by atoms with Gasteiger partial charge >= 0.3 is 5.63 Å². The summed E-state index contributed by atoms with van der Waals surface area (Å²) >= 11 is 0. The van der Waals surface area contributed by atoms with Gasteiger partial charge in [0.2, 0.25) is 0 Å². The number of hydrogen-bond donors (Lipinski definition) is 2. The van der Waals surface area contributed by atoms with Crippen molar-refractivity contribution in [2.75, 3.05) is 0 Å². The van der Waals surface area contributed by atoms with E-state index >= 15 is 0 Å². The van der Waals surface area contributed by atoms with E-state index in [1.807, 2.05) is 6.07 Å². The molecule has 1 aromatic heterocycles. The van der Waals surface area contributed by atoms with Crippen LogP contribution < -0.4 is 5.63 Å². The highest BCUT2D eigenvalue weighted by Crippen LogP contribution is 2.67. The smallest absolute Gasteiger partial charge is 0.335 e. The number of hydrogen-bond acceptors (Lipinski definition) is 4. The van der Waals surface area contributed by atoms with Crippen LogP contribution in [0.5, 0.6) is 0 Å². The molecule has 2 N–H and O–H groups in total. The lowest BCUT2D eigenvalue weighted by atomic mass is 9.46. The fourth-order valence-corrected chi connectivity index (χ4v) is 7.72. The van der Waals surface area contributed by atoms with Crippen LogP contribution in [0.4, 0.5) is 0 Å². The van der Waals surface area contributed by atoms with Gasteiger partial charge in [-0.2, -0.15) is 0 Å². The van der Waals surface area contributed by atoms with E-state index in [1.54, 1.807) is 6.26 Å². The van der Waals surface area contributed by atoms with Crippen LogP contribution in [0.15, 0.2) is 39.3 Å². The Morgan fingerprint density at radius 1 is 1.07 bits per heavy atom. The van der Waals surface area contributed by atoms with Crippen LogP contribution in [-0.4, -0.2) is 22.4 Å². The van der Waals surface area contributed by atoms with Crippen LogP contribution in [0.25, 0.3) is 0 Å². The van der Waals surface area contributed by atoms with Crippen molar-refractivity contribution in [3.05, 3.63) is 46.0 Å². The molecule has 4 aliphatic rings. The molecule has 0 unspecified atom stereocenters. The third-order valence-electron chi connectivity index (χ3n) is 9.16. The van der Waals surface area contributed by atoms with Crippen molar-refractivity contribution in [2.24, 2.45) is 28.6 Å². The van der Waals surface area contributed by atoms with E-state index in [4.69, 9.17) is 4.42 Å². The van der Waals surface area contributed by atoms with Gasteiger partial charge < -0.3 is 14.6 Å². The zero-order chi connectivity index (χ0) is 19.7. The first-order valence-electron chi connectivity index (χ1n) is 11.0. The lowest BCUT2D eigenvalue weighted by Gasteiger charge is -2.59. The molecule has 0 radical (unpaired) electrons. The second-order valence-electron chi connectivity index (χ2n) is 10.4. The highest BCUT2D eigenvalue weighted by Gasteiger charge is 2.59. The summed E-state index contributed by atoms with van der Waals surface area (Å²) in [4.78, 5) is 11.4. The highest BCUT2D eigenvalue weighted by atomic mass is 16.4. The normalized spacial score (nSPS) is 47.6. The van der Waals surface area contributed by atoms with Crippen LogP contribution >= 0.6 is 0 Å². The van der Waals surface area contributed by atoms with Crippen LogP contribution in [-0.2, 0) is 0 Å². The molecular weight excluding hydrogens is 352 g/mol. The lowest BCUT2D eigenvalue weighted by Crippen LogP contribution is -2.51. The summed E-state index contributed by atoms with van der Waals surface area (Å²) in [6, 6.07) is 3.29. The van der Waals surface area contributed by atoms with E-state index in [2.05, 4.69) is 19.9 Å². The van der Waals surface area contributed by atoms with Gasteiger partial charge in [0, 0.05) is 12.0 Å². The number of rotatable bonds is 1. The summed E-state index contributed by atoms with van der Waals surface area (Å²) in [7, 11) is 0. The SMILES string of the molecule is C[C@]12CC[C@@H](O)C[C@H]1CC[C@H]1C3=C[C@H](O)[C@H](c4ccc(=O)oc4)[C@@]3(C)CC[C@@H]12. The number of allylic oxidation sites excluding steroid dienone is 1. The second kappa shape index (κ2) is 6.30. The predicted octanol–water partition coefficient (Wildman–Crippen LogP) is 4.02. The van der Waals surface area contributed by atoms with Gasteiger partial charge in [-0.15, -0.1) is 0 Å². The summed E-state index contributed by atoms with van der Waals surface area (Å²) in [5, 5.41) is 21.2. The quantitative estimate of drug-likeness (QED) is 0.718. The average Bonchev–Trinajstić information content (AvgIpc) is 2.93. The van der Waals surface area contributed by atoms with Crippen LogP contribution in [0, 0.1) is 28.6 Å². The molecule has 0 amide bonds. The van der Waals surface area contributed by atoms with Crippen molar-refractivity contribution in [1.82, 2.24) is 0 Å². The van der Waals surface area contributed by atoms with Gasteiger partial charge in [-0.05, 0) is 85.2 Å². The largest absolute Gasteiger partial charge is 0.431 e. The molecule has 4 heteroatoms. The Bertz CT molecular complexity index is 836. The molecule has 4 aliphatic carbocycles. The standard InChI is InChI=1S/C24H32O4/c1-23-9-7-16(25)11-15(23)4-5-17-18(23)8-10-24(2)19(17)12-20(26)22(24)14-3-6-21(27)28-13-14/h3,6,12-13,15-18,20,22,25-26H,4-5,7-11H2,1-2H3/t15-,16-,17-,18+,20+,22+,23+,24+/m1/s1. The Kier molecular flexibility index (Phi) is 4.19. The van der Waals surface area contributed by atoms with Gasteiger partial charge in [0.15, 0.2) is 0 Å². The molecule has 28 heavy (non-hydrogen) atoms. The third-order valence-corrected chi connectivity index (χ3v) is 9.16. The minimum absolute atomic E-state index is 0.0356. The third kappa shape index (κ3) is 2.53. The van der Waals surface area contributed by atoms with Crippen molar-refractivity contribution in [1.29, 1.82) is 0 Å². The molecule has 0 spiro atoms. The van der Waals surface area contributed by atoms with Crippen molar-refractivity contribution in [3.63, 3.8) is 0 Å². The maximum atomic E-state index is 11.4. The van der Waals surface area contributed by atoms with Gasteiger partial charge in [-0.3, -0.25) is 0 Å². The van der Waals surface area contributed by atoms with E-state index in [1.165, 1.54) is 30.9 Å². The van der Waals surface area contributed by atoms with Gasteiger partial charge in [0.25, 0.3) is 0 Å². The van der Waals surface area contributed by atoms with Crippen molar-refractivity contribution in [3.8, 4) is 0 Å². The fourth-order valence-electron chi connectivity index (χ4n) is 7.72. The van der Waals surface area contributed by atoms with Crippen LogP contribution in [0.3, 0.4) is 0 Å². The first kappa shape index (κ1) is 18.6. The van der Waals surface area contributed by atoms with E-state index < -0.39 is 6.10 Å². The molecule has 4 nitrogen and oxygen atoms in total. The summed E-state index contributed by atoms with van der Waals surface area (Å²) in [5.74, 6) is 1.78. The van der Waals surface area contributed by atoms with Gasteiger partial charge in [-0.25, -0.2) is 4.79 Å². The summed E-state index contributed by atoms with van der Waals surface area (Å²) in [6.07, 6.45) is 10.7. The highest BCUT2D eigenvalue weighted by molar-refractivity contribution is 5.39. The summed E-state index contributed by atoms with van der Waals surface area (Å²) < 4.78 is 5.13. The molecule has 0 aromatic carbocycles. The zero-order valence-electron chi connectivity index (χ0n) is 16.9. The monoisotopic (exact) mass is 384 g/mol. The molecule has 0 bridgehead atoms.